The molecule has 0 unspecified atom stereocenters. The number of nitrogens with zero attached hydrogens (tertiary/aromatic N) is 2. The normalized spacial score (nSPS) is 15.7. The van der Waals surface area contributed by atoms with Crippen LogP contribution in [0.1, 0.15) is 38.8 Å². The summed E-state index contributed by atoms with van der Waals surface area (Å²) in [6.45, 7) is 9.72. The van der Waals surface area contributed by atoms with Gasteiger partial charge in [-0.3, -0.25) is 4.99 Å². The number of ether oxygens (including phenoxy) is 1. The molecule has 0 atom stereocenters. The maximum Gasteiger partial charge on any atom is 0.129 e. The SMILES string of the molecule is CCN1c2cc(OC)c(C=Nc3ccc(O)cc3)cc2C(C)=CC1(C)C. The number of hydrogen-bond donors (Lipinski definition) is 1. The molecule has 0 saturated heterocycles. The molecule has 1 heterocycles. The summed E-state index contributed by atoms with van der Waals surface area (Å²) in [5, 5.41) is 9.39. The molecule has 0 aromatic heterocycles. The first-order chi connectivity index (χ1) is 12.4. The van der Waals surface area contributed by atoms with Crippen molar-refractivity contribution < 1.29 is 9.84 Å². The highest BCUT2D eigenvalue weighted by molar-refractivity contribution is 5.92. The molecule has 26 heavy (non-hydrogen) atoms. The second-order valence-corrected chi connectivity index (χ2v) is 7.11. The van der Waals surface area contributed by atoms with E-state index in [-0.39, 0.29) is 11.3 Å². The van der Waals surface area contributed by atoms with Gasteiger partial charge in [0.05, 0.1) is 18.3 Å². The molecule has 0 saturated carbocycles. The van der Waals surface area contributed by atoms with Crippen molar-refractivity contribution in [2.24, 2.45) is 4.99 Å². The molecule has 0 bridgehead atoms. The Hall–Kier alpha value is -2.75. The number of methoxy groups -OCH3 is 1. The minimum atomic E-state index is -0.0293. The van der Waals surface area contributed by atoms with Crippen molar-refractivity contribution >= 4 is 23.2 Å². The summed E-state index contributed by atoms with van der Waals surface area (Å²) < 4.78 is 5.64. The fourth-order valence-electron chi connectivity index (χ4n) is 3.66. The van der Waals surface area contributed by atoms with Crippen LogP contribution in [0.2, 0.25) is 0 Å². The smallest absolute Gasteiger partial charge is 0.129 e. The predicted octanol–water partition coefficient (Wildman–Crippen LogP) is 5.17. The Bertz CT molecular complexity index is 864. The lowest BCUT2D eigenvalue weighted by molar-refractivity contribution is 0.413. The summed E-state index contributed by atoms with van der Waals surface area (Å²) in [4.78, 5) is 6.91. The van der Waals surface area contributed by atoms with Crippen LogP contribution in [0.15, 0.2) is 47.5 Å². The van der Waals surface area contributed by atoms with E-state index >= 15 is 0 Å². The van der Waals surface area contributed by atoms with Gasteiger partial charge in [0.2, 0.25) is 0 Å². The standard InChI is InChI=1S/C22H26N2O2/c1-6-24-20-12-21(26-5)16(11-19(20)15(2)13-22(24,3)4)14-23-17-7-9-18(25)10-8-17/h7-14,25H,6H2,1-5H3. The molecule has 0 fully saturated rings. The van der Waals surface area contributed by atoms with Crippen LogP contribution in [0, 0.1) is 0 Å². The van der Waals surface area contributed by atoms with E-state index in [0.717, 1.165) is 23.5 Å². The van der Waals surface area contributed by atoms with Crippen LogP contribution in [0.3, 0.4) is 0 Å². The Kier molecular flexibility index (Phi) is 4.77. The first-order valence-electron chi connectivity index (χ1n) is 8.88. The fraction of sp³-hybridized carbons (Fsp3) is 0.318. The Labute approximate surface area is 155 Å². The first-order valence-corrected chi connectivity index (χ1v) is 8.88. The molecule has 4 heteroatoms. The fourth-order valence-corrected chi connectivity index (χ4v) is 3.66. The molecule has 1 N–H and O–H groups in total. The third-order valence-corrected chi connectivity index (χ3v) is 4.85. The van der Waals surface area contributed by atoms with E-state index in [2.05, 4.69) is 55.8 Å². The molecule has 0 spiro atoms. The van der Waals surface area contributed by atoms with Gasteiger partial charge in [-0.2, -0.15) is 0 Å². The molecule has 0 aliphatic carbocycles. The van der Waals surface area contributed by atoms with E-state index in [9.17, 15) is 5.11 Å². The zero-order chi connectivity index (χ0) is 18.9. The number of fused-ring (bicyclic) bond motifs is 1. The molecule has 3 rings (SSSR count). The van der Waals surface area contributed by atoms with Gasteiger partial charge in [0, 0.05) is 35.6 Å². The van der Waals surface area contributed by atoms with E-state index < -0.39 is 0 Å². The van der Waals surface area contributed by atoms with Crippen molar-refractivity contribution in [3.8, 4) is 11.5 Å². The summed E-state index contributed by atoms with van der Waals surface area (Å²) in [6, 6.07) is 11.1. The van der Waals surface area contributed by atoms with Gasteiger partial charge in [-0.05, 0) is 63.6 Å². The number of aliphatic imine (C=N–C) groups is 1. The van der Waals surface area contributed by atoms with Crippen molar-refractivity contribution in [3.05, 3.63) is 53.6 Å². The number of anilines is 1. The lowest BCUT2D eigenvalue weighted by Crippen LogP contribution is -2.44. The van der Waals surface area contributed by atoms with E-state index in [1.165, 1.54) is 16.8 Å². The van der Waals surface area contributed by atoms with Crippen LogP contribution < -0.4 is 9.64 Å². The van der Waals surface area contributed by atoms with E-state index in [4.69, 9.17) is 4.74 Å². The molecule has 0 radical (unpaired) electrons. The molecule has 1 aliphatic rings. The minimum absolute atomic E-state index is 0.0293. The Morgan fingerprint density at radius 3 is 2.50 bits per heavy atom. The third kappa shape index (κ3) is 3.32. The van der Waals surface area contributed by atoms with Crippen LogP contribution in [0.25, 0.3) is 5.57 Å². The van der Waals surface area contributed by atoms with Crippen molar-refractivity contribution in [1.82, 2.24) is 0 Å². The minimum Gasteiger partial charge on any atom is -0.508 e. The highest BCUT2D eigenvalue weighted by Gasteiger charge is 2.31. The molecule has 136 valence electrons. The van der Waals surface area contributed by atoms with Crippen LogP contribution in [-0.2, 0) is 0 Å². The number of hydrogen-bond acceptors (Lipinski definition) is 4. The maximum atomic E-state index is 9.39. The zero-order valence-electron chi connectivity index (χ0n) is 16.1. The quantitative estimate of drug-likeness (QED) is 0.773. The van der Waals surface area contributed by atoms with Crippen LogP contribution in [0.4, 0.5) is 11.4 Å². The van der Waals surface area contributed by atoms with E-state index in [1.807, 2.05) is 6.21 Å². The van der Waals surface area contributed by atoms with Gasteiger partial charge >= 0.3 is 0 Å². The number of rotatable bonds is 4. The number of aromatic hydroxyl groups is 1. The summed E-state index contributed by atoms with van der Waals surface area (Å²) in [5.74, 6) is 1.04. The molecular formula is C22H26N2O2. The van der Waals surface area contributed by atoms with Gasteiger partial charge in [-0.1, -0.05) is 6.08 Å². The van der Waals surface area contributed by atoms with Gasteiger partial charge in [-0.25, -0.2) is 0 Å². The largest absolute Gasteiger partial charge is 0.508 e. The second-order valence-electron chi connectivity index (χ2n) is 7.11. The predicted molar refractivity (Wildman–Crippen MR) is 109 cm³/mol. The molecular weight excluding hydrogens is 324 g/mol. The zero-order valence-corrected chi connectivity index (χ0v) is 16.1. The maximum absolute atomic E-state index is 9.39. The molecule has 1 aliphatic heterocycles. The summed E-state index contributed by atoms with van der Waals surface area (Å²) in [5.41, 5.74) is 5.35. The average molecular weight is 350 g/mol. The molecule has 2 aromatic carbocycles. The van der Waals surface area contributed by atoms with Crippen LogP contribution >= 0.6 is 0 Å². The number of phenolic OH excluding ortho intramolecular Hbond substituents is 1. The monoisotopic (exact) mass is 350 g/mol. The summed E-state index contributed by atoms with van der Waals surface area (Å²) >= 11 is 0. The summed E-state index contributed by atoms with van der Waals surface area (Å²) in [6.07, 6.45) is 4.13. The second kappa shape index (κ2) is 6.87. The lowest BCUT2D eigenvalue weighted by Gasteiger charge is -2.43. The van der Waals surface area contributed by atoms with Crippen LogP contribution in [-0.4, -0.2) is 30.5 Å². The Balaban J connectivity index is 2.06. The van der Waals surface area contributed by atoms with Gasteiger partial charge in [0.25, 0.3) is 0 Å². The number of likely N-dealkylation sites (N-methyl/N-ethyl adjacent to an activating group) is 1. The number of allylic oxidation sites excluding steroid dienone is 1. The van der Waals surface area contributed by atoms with E-state index in [1.54, 1.807) is 31.4 Å². The molecule has 2 aromatic rings. The number of phenols is 1. The van der Waals surface area contributed by atoms with Gasteiger partial charge in [0.1, 0.15) is 11.5 Å². The van der Waals surface area contributed by atoms with E-state index in [0.29, 0.717) is 0 Å². The Morgan fingerprint density at radius 1 is 1.19 bits per heavy atom. The lowest BCUT2D eigenvalue weighted by atomic mass is 9.88. The van der Waals surface area contributed by atoms with Gasteiger partial charge < -0.3 is 14.7 Å². The molecule has 4 nitrogen and oxygen atoms in total. The molecule has 0 amide bonds. The van der Waals surface area contributed by atoms with Crippen LogP contribution in [0.5, 0.6) is 11.5 Å². The first kappa shape index (κ1) is 18.1. The van der Waals surface area contributed by atoms with Gasteiger partial charge in [-0.15, -0.1) is 0 Å². The van der Waals surface area contributed by atoms with Crippen molar-refractivity contribution in [1.29, 1.82) is 0 Å². The number of benzene rings is 2. The third-order valence-electron chi connectivity index (χ3n) is 4.85. The average Bonchev–Trinajstić information content (AvgIpc) is 2.60. The van der Waals surface area contributed by atoms with Crippen molar-refractivity contribution in [2.75, 3.05) is 18.6 Å². The Morgan fingerprint density at radius 2 is 1.88 bits per heavy atom. The van der Waals surface area contributed by atoms with Crippen molar-refractivity contribution in [2.45, 2.75) is 33.2 Å². The van der Waals surface area contributed by atoms with Gasteiger partial charge in [0.15, 0.2) is 0 Å². The highest BCUT2D eigenvalue weighted by Crippen LogP contribution is 2.41. The topological polar surface area (TPSA) is 45.1 Å². The summed E-state index contributed by atoms with van der Waals surface area (Å²) in [7, 11) is 1.69. The van der Waals surface area contributed by atoms with Crippen molar-refractivity contribution in [3.63, 3.8) is 0 Å². The highest BCUT2D eigenvalue weighted by atomic mass is 16.5.